The molecule has 1 aromatic rings. The third kappa shape index (κ3) is 7.12. The molecule has 0 aliphatic carbocycles. The summed E-state index contributed by atoms with van der Waals surface area (Å²) in [6.07, 6.45) is 0.702. The maximum Gasteiger partial charge on any atom is 0.443 e. The molecule has 1 fully saturated rings. The average Bonchev–Trinajstić information content (AvgIpc) is 3.20. The lowest BCUT2D eigenvalue weighted by atomic mass is 10.2. The number of hydrogen-bond acceptors (Lipinski definition) is 8. The molecule has 1 N–H and O–H groups in total. The van der Waals surface area contributed by atoms with E-state index in [4.69, 9.17) is 19.3 Å². The summed E-state index contributed by atoms with van der Waals surface area (Å²) in [5.74, 6) is -0.494. The molecule has 0 radical (unpaired) electrons. The minimum absolute atomic E-state index is 0.0150. The molecule has 11 heteroatoms. The van der Waals surface area contributed by atoms with Gasteiger partial charge in [0.25, 0.3) is 0 Å². The van der Waals surface area contributed by atoms with Crippen molar-refractivity contribution in [1.29, 1.82) is 0 Å². The number of carbonyl (C=O) groups is 2. The molecule has 1 aromatic heterocycles. The summed E-state index contributed by atoms with van der Waals surface area (Å²) in [4.78, 5) is 29.6. The molecule has 0 spiro atoms. The van der Waals surface area contributed by atoms with Gasteiger partial charge in [0, 0.05) is 18.8 Å². The second-order valence-electron chi connectivity index (χ2n) is 8.94. The van der Waals surface area contributed by atoms with Crippen LogP contribution in [0.5, 0.6) is 5.88 Å². The molecule has 0 aromatic carbocycles. The lowest BCUT2D eigenvalue weighted by molar-refractivity contribution is -0.144. The van der Waals surface area contributed by atoms with E-state index < -0.39 is 33.6 Å². The van der Waals surface area contributed by atoms with Crippen molar-refractivity contribution >= 4 is 22.0 Å². The van der Waals surface area contributed by atoms with Crippen LogP contribution in [0.15, 0.2) is 21.4 Å². The number of aryl methyl sites for hydroxylation is 1. The van der Waals surface area contributed by atoms with Gasteiger partial charge in [-0.05, 0) is 72.4 Å². The van der Waals surface area contributed by atoms with Gasteiger partial charge in [-0.15, -0.1) is 4.36 Å². The SMILES string of the molecule is COC(=O)[C@@H]1CCCN1[S@@](=O)(=NC(=O)OC(C)(C)C)c1ccc(C)nc1O[C@H](C)CCCO. The van der Waals surface area contributed by atoms with Crippen LogP contribution in [0.3, 0.4) is 0 Å². The molecular formula is C22H35N3O7S. The number of aliphatic hydroxyl groups excluding tert-OH is 1. The van der Waals surface area contributed by atoms with Gasteiger partial charge in [-0.3, -0.25) is 4.79 Å². The van der Waals surface area contributed by atoms with Crippen molar-refractivity contribution in [3.8, 4) is 5.88 Å². The Morgan fingerprint density at radius 3 is 2.67 bits per heavy atom. The van der Waals surface area contributed by atoms with E-state index in [1.54, 1.807) is 39.8 Å². The highest BCUT2D eigenvalue weighted by Gasteiger charge is 2.41. The van der Waals surface area contributed by atoms with Crippen molar-refractivity contribution in [3.05, 3.63) is 17.8 Å². The van der Waals surface area contributed by atoms with Crippen LogP contribution in [0.2, 0.25) is 0 Å². The Hall–Kier alpha value is -2.24. The third-order valence-electron chi connectivity index (χ3n) is 4.92. The number of amides is 1. The van der Waals surface area contributed by atoms with Crippen LogP contribution < -0.4 is 4.74 Å². The van der Waals surface area contributed by atoms with Gasteiger partial charge in [0.05, 0.1) is 13.2 Å². The second-order valence-corrected chi connectivity index (χ2v) is 11.0. The Kier molecular flexibility index (Phi) is 9.21. The lowest BCUT2D eigenvalue weighted by Crippen LogP contribution is -2.41. The summed E-state index contributed by atoms with van der Waals surface area (Å²) in [5.41, 5.74) is -0.231. The fourth-order valence-corrected chi connectivity index (χ4v) is 5.63. The molecule has 10 nitrogen and oxygen atoms in total. The van der Waals surface area contributed by atoms with Crippen LogP contribution in [-0.4, -0.2) is 68.7 Å². The highest BCUT2D eigenvalue weighted by Crippen LogP contribution is 2.34. The molecule has 33 heavy (non-hydrogen) atoms. The van der Waals surface area contributed by atoms with Crippen molar-refractivity contribution in [2.24, 2.45) is 4.36 Å². The van der Waals surface area contributed by atoms with Crippen LogP contribution in [0, 0.1) is 6.92 Å². The minimum Gasteiger partial charge on any atom is -0.474 e. The number of methoxy groups -OCH3 is 1. The maximum atomic E-state index is 14.5. The van der Waals surface area contributed by atoms with E-state index in [0.717, 1.165) is 0 Å². The number of ether oxygens (including phenoxy) is 3. The van der Waals surface area contributed by atoms with E-state index in [0.29, 0.717) is 31.4 Å². The van der Waals surface area contributed by atoms with Crippen molar-refractivity contribution < 1.29 is 33.1 Å². The summed E-state index contributed by atoms with van der Waals surface area (Å²) in [5, 5.41) is 9.12. The minimum atomic E-state index is -3.69. The zero-order chi connectivity index (χ0) is 24.8. The number of rotatable bonds is 8. The molecule has 0 bridgehead atoms. The number of carbonyl (C=O) groups excluding carboxylic acids is 2. The average molecular weight is 486 g/mol. The highest BCUT2D eigenvalue weighted by molar-refractivity contribution is 7.91. The molecule has 1 aliphatic heterocycles. The first kappa shape index (κ1) is 27.0. The van der Waals surface area contributed by atoms with E-state index in [1.165, 1.54) is 11.4 Å². The van der Waals surface area contributed by atoms with Gasteiger partial charge in [-0.25, -0.2) is 14.0 Å². The third-order valence-corrected chi connectivity index (χ3v) is 7.27. The molecule has 0 unspecified atom stereocenters. The fourth-order valence-electron chi connectivity index (χ4n) is 3.45. The monoisotopic (exact) mass is 485 g/mol. The number of pyridine rings is 1. The van der Waals surface area contributed by atoms with Crippen LogP contribution in [0.1, 0.15) is 59.1 Å². The predicted molar refractivity (Wildman–Crippen MR) is 122 cm³/mol. The molecule has 1 saturated heterocycles. The molecule has 186 valence electrons. The van der Waals surface area contributed by atoms with E-state index in [1.807, 2.05) is 6.92 Å². The summed E-state index contributed by atoms with van der Waals surface area (Å²) in [6, 6.07) is 2.36. The van der Waals surface area contributed by atoms with E-state index >= 15 is 0 Å². The van der Waals surface area contributed by atoms with Crippen LogP contribution in [0.4, 0.5) is 4.79 Å². The first-order valence-electron chi connectivity index (χ1n) is 11.0. The highest BCUT2D eigenvalue weighted by atomic mass is 32.2. The fraction of sp³-hybridized carbons (Fsp3) is 0.682. The smallest absolute Gasteiger partial charge is 0.443 e. The first-order valence-corrected chi connectivity index (χ1v) is 12.5. The van der Waals surface area contributed by atoms with Gasteiger partial charge < -0.3 is 19.3 Å². The van der Waals surface area contributed by atoms with Gasteiger partial charge in [-0.1, -0.05) is 0 Å². The Morgan fingerprint density at radius 2 is 2.06 bits per heavy atom. The first-order chi connectivity index (χ1) is 15.4. The van der Waals surface area contributed by atoms with Crippen LogP contribution in [0.25, 0.3) is 0 Å². The Labute approximate surface area is 195 Å². The number of nitrogens with zero attached hydrogens (tertiary/aromatic N) is 3. The number of hydrogen-bond donors (Lipinski definition) is 1. The van der Waals surface area contributed by atoms with Gasteiger partial charge >= 0.3 is 12.1 Å². The summed E-state index contributed by atoms with van der Waals surface area (Å²) in [7, 11) is -2.43. The van der Waals surface area contributed by atoms with Crippen molar-refractivity contribution in [2.75, 3.05) is 20.3 Å². The topological polar surface area (TPSA) is 128 Å². The number of aromatic nitrogens is 1. The molecule has 1 amide bonds. The standard InChI is InChI=1S/C22H35N3O7S/c1-15-11-12-18(19(23-15)31-16(2)9-8-14-26)33(29,24-21(28)32-22(3,4)5)25-13-7-10-17(25)20(27)30-6/h11-12,16-17,26H,7-10,13-14H2,1-6H3/t16-,17+,33+/m1/s1. The Balaban J connectivity index is 2.65. The Bertz CT molecular complexity index is 967. The van der Waals surface area contributed by atoms with E-state index in [-0.39, 0.29) is 30.0 Å². The normalized spacial score (nSPS) is 19.4. The summed E-state index contributed by atoms with van der Waals surface area (Å²) < 4.78 is 36.1. The van der Waals surface area contributed by atoms with E-state index in [9.17, 15) is 13.8 Å². The maximum absolute atomic E-state index is 14.5. The van der Waals surface area contributed by atoms with Gasteiger partial charge in [0.1, 0.15) is 16.5 Å². The second kappa shape index (κ2) is 11.3. The van der Waals surface area contributed by atoms with Crippen molar-refractivity contribution in [2.45, 2.75) is 82.9 Å². The largest absolute Gasteiger partial charge is 0.474 e. The molecule has 1 aliphatic rings. The molecule has 3 atom stereocenters. The van der Waals surface area contributed by atoms with Crippen molar-refractivity contribution in [3.63, 3.8) is 0 Å². The summed E-state index contributed by atoms with van der Waals surface area (Å²) >= 11 is 0. The van der Waals surface area contributed by atoms with Crippen molar-refractivity contribution in [1.82, 2.24) is 9.29 Å². The predicted octanol–water partition coefficient (Wildman–Crippen LogP) is 3.24. The van der Waals surface area contributed by atoms with Gasteiger partial charge in [0.15, 0.2) is 9.92 Å². The quantitative estimate of drug-likeness (QED) is 0.556. The molecule has 0 saturated carbocycles. The zero-order valence-electron chi connectivity index (χ0n) is 20.2. The van der Waals surface area contributed by atoms with E-state index in [2.05, 4.69) is 9.35 Å². The van der Waals surface area contributed by atoms with Gasteiger partial charge in [-0.2, -0.15) is 4.31 Å². The Morgan fingerprint density at radius 1 is 1.36 bits per heavy atom. The molecular weight excluding hydrogens is 450 g/mol. The van der Waals surface area contributed by atoms with Gasteiger partial charge in [0.2, 0.25) is 5.88 Å². The number of esters is 1. The zero-order valence-corrected chi connectivity index (χ0v) is 21.0. The van der Waals surface area contributed by atoms with Crippen LogP contribution in [-0.2, 0) is 24.2 Å². The lowest BCUT2D eigenvalue weighted by Gasteiger charge is -2.27. The number of aliphatic hydroxyl groups is 1. The summed E-state index contributed by atoms with van der Waals surface area (Å²) in [6.45, 7) is 8.89. The molecule has 2 heterocycles. The van der Waals surface area contributed by atoms with Crippen LogP contribution >= 0.6 is 0 Å². The molecule has 2 rings (SSSR count).